The smallest absolute Gasteiger partial charge is 0.220 e. The van der Waals surface area contributed by atoms with E-state index in [4.69, 9.17) is 9.15 Å². The quantitative estimate of drug-likeness (QED) is 0.809. The average molecular weight is 317 g/mol. The Kier molecular flexibility index (Phi) is 6.14. The monoisotopic (exact) mass is 317 g/mol. The van der Waals surface area contributed by atoms with Crippen LogP contribution in [-0.2, 0) is 17.6 Å². The molecule has 0 fully saturated rings. The van der Waals surface area contributed by atoms with Crippen LogP contribution in [0.15, 0.2) is 28.7 Å². The number of rotatable bonds is 8. The van der Waals surface area contributed by atoms with E-state index < -0.39 is 0 Å². The van der Waals surface area contributed by atoms with E-state index in [1.807, 2.05) is 38.1 Å². The van der Waals surface area contributed by atoms with E-state index in [9.17, 15) is 4.79 Å². The molecule has 1 amide bonds. The van der Waals surface area contributed by atoms with Crippen molar-refractivity contribution in [3.8, 4) is 5.75 Å². The first-order chi connectivity index (χ1) is 11.0. The van der Waals surface area contributed by atoms with Crippen LogP contribution >= 0.6 is 0 Å². The van der Waals surface area contributed by atoms with Gasteiger partial charge in [0.25, 0.3) is 0 Å². The van der Waals surface area contributed by atoms with Crippen molar-refractivity contribution in [1.82, 2.24) is 15.5 Å². The third kappa shape index (κ3) is 6.10. The van der Waals surface area contributed by atoms with Gasteiger partial charge < -0.3 is 14.5 Å². The minimum absolute atomic E-state index is 0.0133. The van der Waals surface area contributed by atoms with Crippen LogP contribution < -0.4 is 10.1 Å². The zero-order valence-electron chi connectivity index (χ0n) is 13.8. The van der Waals surface area contributed by atoms with Gasteiger partial charge in [-0.25, -0.2) is 0 Å². The minimum Gasteiger partial charge on any atom is -0.491 e. The summed E-state index contributed by atoms with van der Waals surface area (Å²) in [6, 6.07) is 7.94. The van der Waals surface area contributed by atoms with Crippen molar-refractivity contribution in [3.05, 3.63) is 41.6 Å². The van der Waals surface area contributed by atoms with Gasteiger partial charge in [0.1, 0.15) is 5.75 Å². The molecule has 2 rings (SSSR count). The van der Waals surface area contributed by atoms with Crippen molar-refractivity contribution in [1.29, 1.82) is 0 Å². The number of aromatic nitrogens is 2. The molecule has 0 atom stereocenters. The van der Waals surface area contributed by atoms with Crippen molar-refractivity contribution in [2.24, 2.45) is 0 Å². The molecule has 1 N–H and O–H groups in total. The molecule has 6 nitrogen and oxygen atoms in total. The molecular weight excluding hydrogens is 294 g/mol. The molecular formula is C17H23N3O3. The molecule has 2 aromatic rings. The van der Waals surface area contributed by atoms with Crippen molar-refractivity contribution < 1.29 is 13.9 Å². The molecule has 0 aliphatic rings. The summed E-state index contributed by atoms with van der Waals surface area (Å²) in [6.07, 6.45) is 1.77. The maximum Gasteiger partial charge on any atom is 0.220 e. The highest BCUT2D eigenvalue weighted by Gasteiger charge is 2.07. The molecule has 1 aromatic heterocycles. The van der Waals surface area contributed by atoms with E-state index >= 15 is 0 Å². The van der Waals surface area contributed by atoms with Gasteiger partial charge in [0.15, 0.2) is 0 Å². The van der Waals surface area contributed by atoms with E-state index in [-0.39, 0.29) is 12.0 Å². The van der Waals surface area contributed by atoms with Crippen LogP contribution in [0.4, 0.5) is 0 Å². The molecule has 0 aliphatic heterocycles. The number of carbonyl (C=O) groups excluding carboxylic acids is 1. The number of amides is 1. The fourth-order valence-electron chi connectivity index (χ4n) is 2.10. The summed E-state index contributed by atoms with van der Waals surface area (Å²) in [5.41, 5.74) is 1.16. The van der Waals surface area contributed by atoms with Crippen molar-refractivity contribution >= 4 is 5.91 Å². The normalized spacial score (nSPS) is 10.8. The third-order valence-electron chi connectivity index (χ3n) is 3.16. The summed E-state index contributed by atoms with van der Waals surface area (Å²) in [5, 5.41) is 10.5. The molecule has 1 aromatic carbocycles. The molecule has 0 bridgehead atoms. The van der Waals surface area contributed by atoms with E-state index in [0.717, 1.165) is 17.7 Å². The fraction of sp³-hybridized carbons (Fsp3) is 0.471. The molecule has 124 valence electrons. The molecule has 0 unspecified atom stereocenters. The number of aryl methyl sites for hydroxylation is 2. The van der Waals surface area contributed by atoms with Crippen LogP contribution in [-0.4, -0.2) is 28.8 Å². The lowest BCUT2D eigenvalue weighted by Gasteiger charge is -2.10. The first-order valence-corrected chi connectivity index (χ1v) is 7.84. The van der Waals surface area contributed by atoms with Crippen molar-refractivity contribution in [2.75, 3.05) is 6.54 Å². The topological polar surface area (TPSA) is 77.2 Å². The largest absolute Gasteiger partial charge is 0.491 e. The molecule has 1 heterocycles. The Hall–Kier alpha value is -2.37. The van der Waals surface area contributed by atoms with Crippen LogP contribution in [0.25, 0.3) is 0 Å². The Morgan fingerprint density at radius 1 is 1.22 bits per heavy atom. The Morgan fingerprint density at radius 3 is 2.57 bits per heavy atom. The number of nitrogens with one attached hydrogen (secondary N) is 1. The second kappa shape index (κ2) is 8.31. The minimum atomic E-state index is -0.0133. The predicted octanol–water partition coefficient (Wildman–Crippen LogP) is 2.46. The predicted molar refractivity (Wildman–Crippen MR) is 86.3 cm³/mol. The maximum atomic E-state index is 11.8. The molecule has 6 heteroatoms. The molecule has 0 saturated carbocycles. The summed E-state index contributed by atoms with van der Waals surface area (Å²) < 4.78 is 10.8. The van der Waals surface area contributed by atoms with Gasteiger partial charge in [-0.3, -0.25) is 4.79 Å². The lowest BCUT2D eigenvalue weighted by atomic mass is 10.1. The number of hydrogen-bond acceptors (Lipinski definition) is 5. The van der Waals surface area contributed by atoms with E-state index in [2.05, 4.69) is 15.5 Å². The second-order valence-electron chi connectivity index (χ2n) is 5.63. The zero-order chi connectivity index (χ0) is 16.7. The summed E-state index contributed by atoms with van der Waals surface area (Å²) in [5.74, 6) is 1.87. The van der Waals surface area contributed by atoms with Gasteiger partial charge in [-0.1, -0.05) is 12.1 Å². The lowest BCUT2D eigenvalue weighted by Crippen LogP contribution is -2.25. The van der Waals surface area contributed by atoms with Crippen LogP contribution in [0.5, 0.6) is 5.75 Å². The lowest BCUT2D eigenvalue weighted by molar-refractivity contribution is -0.121. The second-order valence-corrected chi connectivity index (χ2v) is 5.63. The molecule has 0 aliphatic carbocycles. The molecule has 0 radical (unpaired) electrons. The SMILES string of the molecule is Cc1nnc(CCC(=O)NCCc2ccc(OC(C)C)cc2)o1. The summed E-state index contributed by atoms with van der Waals surface area (Å²) in [4.78, 5) is 11.8. The van der Waals surface area contributed by atoms with Crippen LogP contribution in [0.2, 0.25) is 0 Å². The molecule has 0 spiro atoms. The highest BCUT2D eigenvalue weighted by molar-refractivity contribution is 5.75. The van der Waals surface area contributed by atoms with Crippen LogP contribution in [0.1, 0.15) is 37.6 Å². The van der Waals surface area contributed by atoms with Crippen LogP contribution in [0, 0.1) is 6.92 Å². The van der Waals surface area contributed by atoms with Gasteiger partial charge in [0, 0.05) is 26.3 Å². The van der Waals surface area contributed by atoms with Crippen molar-refractivity contribution in [3.63, 3.8) is 0 Å². The van der Waals surface area contributed by atoms with Gasteiger partial charge in [0.05, 0.1) is 6.10 Å². The summed E-state index contributed by atoms with van der Waals surface area (Å²) >= 11 is 0. The molecule has 0 saturated heterocycles. The Bertz CT molecular complexity index is 620. The third-order valence-corrected chi connectivity index (χ3v) is 3.16. The molecule has 23 heavy (non-hydrogen) atoms. The van der Waals surface area contributed by atoms with E-state index in [1.165, 1.54) is 0 Å². The van der Waals surface area contributed by atoms with E-state index in [0.29, 0.717) is 31.2 Å². The average Bonchev–Trinajstić information content (AvgIpc) is 2.92. The van der Waals surface area contributed by atoms with Gasteiger partial charge in [-0.2, -0.15) is 0 Å². The zero-order valence-corrected chi connectivity index (χ0v) is 13.8. The summed E-state index contributed by atoms with van der Waals surface area (Å²) in [6.45, 7) is 6.33. The van der Waals surface area contributed by atoms with Gasteiger partial charge in [0.2, 0.25) is 17.7 Å². The number of ether oxygens (including phenoxy) is 1. The number of carbonyl (C=O) groups is 1. The van der Waals surface area contributed by atoms with Gasteiger partial charge in [-0.15, -0.1) is 10.2 Å². The standard InChI is InChI=1S/C17H23N3O3/c1-12(2)22-15-6-4-14(5-7-15)10-11-18-16(21)8-9-17-20-19-13(3)23-17/h4-7,12H,8-11H2,1-3H3,(H,18,21). The van der Waals surface area contributed by atoms with Gasteiger partial charge >= 0.3 is 0 Å². The first-order valence-electron chi connectivity index (χ1n) is 7.84. The highest BCUT2D eigenvalue weighted by Crippen LogP contribution is 2.14. The Morgan fingerprint density at radius 2 is 1.96 bits per heavy atom. The fourth-order valence-corrected chi connectivity index (χ4v) is 2.10. The first kappa shape index (κ1) is 17.0. The maximum absolute atomic E-state index is 11.8. The van der Waals surface area contributed by atoms with Crippen molar-refractivity contribution in [2.45, 2.75) is 46.1 Å². The number of benzene rings is 1. The van der Waals surface area contributed by atoms with E-state index in [1.54, 1.807) is 6.92 Å². The Labute approximate surface area is 136 Å². The number of hydrogen-bond donors (Lipinski definition) is 1. The highest BCUT2D eigenvalue weighted by atomic mass is 16.5. The number of nitrogens with zero attached hydrogens (tertiary/aromatic N) is 2. The Balaban J connectivity index is 1.66. The van der Waals surface area contributed by atoms with Crippen LogP contribution in [0.3, 0.4) is 0 Å². The summed E-state index contributed by atoms with van der Waals surface area (Å²) in [7, 11) is 0. The van der Waals surface area contributed by atoms with Gasteiger partial charge in [-0.05, 0) is 38.0 Å².